The lowest BCUT2D eigenvalue weighted by Crippen LogP contribution is -2.19. The zero-order chi connectivity index (χ0) is 10.2. The molecule has 0 saturated heterocycles. The van der Waals surface area contributed by atoms with Crippen molar-refractivity contribution >= 4 is 23.1 Å². The van der Waals surface area contributed by atoms with Gasteiger partial charge < -0.3 is 5.32 Å². The Morgan fingerprint density at radius 2 is 2.36 bits per heavy atom. The average Bonchev–Trinajstić information content (AvgIpc) is 2.70. The number of nitrogens with one attached hydrogen (secondary N) is 1. The molecule has 1 atom stereocenters. The Kier molecular flexibility index (Phi) is 6.32. The maximum atomic E-state index is 3.55. The summed E-state index contributed by atoms with van der Waals surface area (Å²) in [5, 5.41) is 5.69. The Balaban J connectivity index is 2.07. The minimum absolute atomic E-state index is 0.518. The number of hydrogen-bond donors (Lipinski definition) is 1. The molecule has 1 rings (SSSR count). The first-order valence-corrected chi connectivity index (χ1v) is 7.37. The minimum atomic E-state index is 0.518. The van der Waals surface area contributed by atoms with Crippen molar-refractivity contribution in [3.63, 3.8) is 0 Å². The van der Waals surface area contributed by atoms with Gasteiger partial charge in [0.1, 0.15) is 0 Å². The summed E-state index contributed by atoms with van der Waals surface area (Å²) in [6.45, 7) is 3.38. The Morgan fingerprint density at radius 1 is 1.50 bits per heavy atom. The van der Waals surface area contributed by atoms with Crippen molar-refractivity contribution in [1.82, 2.24) is 5.32 Å². The molecule has 0 aliphatic rings. The van der Waals surface area contributed by atoms with Crippen LogP contribution in [0.4, 0.5) is 0 Å². The first-order chi connectivity index (χ1) is 6.84. The van der Waals surface area contributed by atoms with E-state index in [2.05, 4.69) is 36.0 Å². The lowest BCUT2D eigenvalue weighted by Gasteiger charge is -2.11. The van der Waals surface area contributed by atoms with Crippen molar-refractivity contribution < 1.29 is 0 Å². The van der Waals surface area contributed by atoms with E-state index in [1.54, 1.807) is 0 Å². The molecule has 0 spiro atoms. The maximum absolute atomic E-state index is 3.55. The van der Waals surface area contributed by atoms with E-state index in [0.29, 0.717) is 6.04 Å². The fourth-order valence-electron chi connectivity index (χ4n) is 1.33. The molecule has 0 aliphatic carbocycles. The molecular formula is C11H19NS2. The van der Waals surface area contributed by atoms with Gasteiger partial charge in [-0.05, 0) is 49.8 Å². The van der Waals surface area contributed by atoms with E-state index in [9.17, 15) is 0 Å². The van der Waals surface area contributed by atoms with Crippen LogP contribution in [0.25, 0.3) is 0 Å². The molecule has 0 radical (unpaired) electrons. The molecule has 0 aromatic carbocycles. The third-order valence-electron chi connectivity index (χ3n) is 2.20. The van der Waals surface area contributed by atoms with Crippen LogP contribution in [-0.4, -0.2) is 18.6 Å². The highest BCUT2D eigenvalue weighted by molar-refractivity contribution is 7.98. The van der Waals surface area contributed by atoms with Crippen molar-refractivity contribution in [1.29, 1.82) is 0 Å². The molecule has 0 fully saturated rings. The van der Waals surface area contributed by atoms with Crippen molar-refractivity contribution in [2.75, 3.05) is 18.6 Å². The number of hydrogen-bond acceptors (Lipinski definition) is 3. The van der Waals surface area contributed by atoms with Gasteiger partial charge in [0.25, 0.3) is 0 Å². The molecule has 0 bridgehead atoms. The predicted octanol–water partition coefficient (Wildman–Crippen LogP) is 3.54. The summed E-state index contributed by atoms with van der Waals surface area (Å²) < 4.78 is 0. The lowest BCUT2D eigenvalue weighted by atomic mass is 10.2. The second kappa shape index (κ2) is 7.32. The summed E-state index contributed by atoms with van der Waals surface area (Å²) in [5.41, 5.74) is 0. The van der Waals surface area contributed by atoms with E-state index in [-0.39, 0.29) is 0 Å². The highest BCUT2D eigenvalue weighted by Gasteiger charge is 2.03. The average molecular weight is 229 g/mol. The molecule has 1 heterocycles. The zero-order valence-corrected chi connectivity index (χ0v) is 10.6. The van der Waals surface area contributed by atoms with Crippen LogP contribution >= 0.6 is 23.1 Å². The minimum Gasteiger partial charge on any atom is -0.309 e. The Morgan fingerprint density at radius 3 is 3.00 bits per heavy atom. The molecule has 0 amide bonds. The van der Waals surface area contributed by atoms with Crippen LogP contribution < -0.4 is 5.32 Å². The third-order valence-corrected chi connectivity index (χ3v) is 3.95. The lowest BCUT2D eigenvalue weighted by molar-refractivity contribution is 0.562. The van der Waals surface area contributed by atoms with E-state index in [1.807, 2.05) is 23.1 Å². The molecule has 0 unspecified atom stereocenters. The Bertz CT molecular complexity index is 221. The van der Waals surface area contributed by atoms with Crippen LogP contribution in [0.1, 0.15) is 30.7 Å². The SMILES string of the molecule is CSCCCCN[C@@H](C)c1cccs1. The van der Waals surface area contributed by atoms with E-state index < -0.39 is 0 Å². The van der Waals surface area contributed by atoms with Crippen LogP contribution in [0.15, 0.2) is 17.5 Å². The molecule has 1 nitrogen and oxygen atoms in total. The van der Waals surface area contributed by atoms with E-state index in [4.69, 9.17) is 0 Å². The van der Waals surface area contributed by atoms with Gasteiger partial charge in [0.05, 0.1) is 0 Å². The van der Waals surface area contributed by atoms with E-state index in [0.717, 1.165) is 6.54 Å². The van der Waals surface area contributed by atoms with Crippen LogP contribution in [0.2, 0.25) is 0 Å². The summed E-state index contributed by atoms with van der Waals surface area (Å²) in [7, 11) is 0. The topological polar surface area (TPSA) is 12.0 Å². The second-order valence-electron chi connectivity index (χ2n) is 3.39. The number of rotatable bonds is 7. The van der Waals surface area contributed by atoms with Crippen molar-refractivity contribution in [2.24, 2.45) is 0 Å². The summed E-state index contributed by atoms with van der Waals surface area (Å²) in [5.74, 6) is 1.29. The summed E-state index contributed by atoms with van der Waals surface area (Å²) in [6, 6.07) is 4.83. The van der Waals surface area contributed by atoms with Gasteiger partial charge in [-0.1, -0.05) is 6.07 Å². The monoisotopic (exact) mass is 229 g/mol. The quantitative estimate of drug-likeness (QED) is 0.718. The highest BCUT2D eigenvalue weighted by atomic mass is 32.2. The summed E-state index contributed by atoms with van der Waals surface area (Å²) in [6.07, 6.45) is 4.78. The zero-order valence-electron chi connectivity index (χ0n) is 8.95. The van der Waals surface area contributed by atoms with Crippen molar-refractivity contribution in [2.45, 2.75) is 25.8 Å². The normalized spacial score (nSPS) is 13.0. The molecular weight excluding hydrogens is 210 g/mol. The first-order valence-electron chi connectivity index (χ1n) is 5.10. The summed E-state index contributed by atoms with van der Waals surface area (Å²) >= 11 is 3.77. The molecule has 1 N–H and O–H groups in total. The fourth-order valence-corrected chi connectivity index (χ4v) is 2.58. The predicted molar refractivity (Wildman–Crippen MR) is 68.4 cm³/mol. The van der Waals surface area contributed by atoms with Gasteiger partial charge >= 0.3 is 0 Å². The van der Waals surface area contributed by atoms with Gasteiger partial charge in [0, 0.05) is 10.9 Å². The fraction of sp³-hybridized carbons (Fsp3) is 0.636. The number of thioether (sulfide) groups is 1. The Hall–Kier alpha value is 0.01000. The second-order valence-corrected chi connectivity index (χ2v) is 5.36. The van der Waals surface area contributed by atoms with Gasteiger partial charge in [-0.25, -0.2) is 0 Å². The molecule has 1 aromatic rings. The maximum Gasteiger partial charge on any atom is 0.0386 e. The largest absolute Gasteiger partial charge is 0.309 e. The smallest absolute Gasteiger partial charge is 0.0386 e. The third kappa shape index (κ3) is 4.49. The molecule has 14 heavy (non-hydrogen) atoms. The van der Waals surface area contributed by atoms with Crippen molar-refractivity contribution in [3.8, 4) is 0 Å². The van der Waals surface area contributed by atoms with Gasteiger partial charge in [0.15, 0.2) is 0 Å². The molecule has 0 saturated carbocycles. The molecule has 80 valence electrons. The highest BCUT2D eigenvalue weighted by Crippen LogP contribution is 2.17. The van der Waals surface area contributed by atoms with Crippen LogP contribution in [0.5, 0.6) is 0 Å². The van der Waals surface area contributed by atoms with Crippen LogP contribution in [0, 0.1) is 0 Å². The number of unbranched alkanes of at least 4 members (excludes halogenated alkanes) is 1. The van der Waals surface area contributed by atoms with E-state index >= 15 is 0 Å². The van der Waals surface area contributed by atoms with Gasteiger partial charge in [-0.3, -0.25) is 0 Å². The van der Waals surface area contributed by atoms with E-state index in [1.165, 1.54) is 23.5 Å². The number of thiophene rings is 1. The van der Waals surface area contributed by atoms with Crippen molar-refractivity contribution in [3.05, 3.63) is 22.4 Å². The molecule has 0 aliphatic heterocycles. The first kappa shape index (κ1) is 12.1. The van der Waals surface area contributed by atoms with Gasteiger partial charge in [0.2, 0.25) is 0 Å². The molecule has 3 heteroatoms. The summed E-state index contributed by atoms with van der Waals surface area (Å²) in [4.78, 5) is 1.44. The van der Waals surface area contributed by atoms with Gasteiger partial charge in [-0.15, -0.1) is 11.3 Å². The Labute approximate surface area is 95.3 Å². The standard InChI is InChI=1S/C11H19NS2/c1-10(11-6-5-9-14-11)12-7-3-4-8-13-2/h5-6,9-10,12H,3-4,7-8H2,1-2H3/t10-/m0/s1. The van der Waals surface area contributed by atoms with Crippen LogP contribution in [-0.2, 0) is 0 Å². The molecule has 1 aromatic heterocycles. The van der Waals surface area contributed by atoms with Gasteiger partial charge in [-0.2, -0.15) is 11.8 Å². The van der Waals surface area contributed by atoms with Crippen LogP contribution in [0.3, 0.4) is 0 Å².